The number of thiophene rings is 2. The Hall–Kier alpha value is -6.34. The van der Waals surface area contributed by atoms with Crippen LogP contribution in [0.25, 0.3) is 101 Å². The Balaban J connectivity index is 1.11. The molecule has 365 valence electrons. The molecule has 3 aliphatic rings. The quantitative estimate of drug-likeness (QED) is 0.179. The van der Waals surface area contributed by atoms with Crippen molar-refractivity contribution in [2.75, 3.05) is 5.32 Å². The van der Waals surface area contributed by atoms with Gasteiger partial charge in [0, 0.05) is 79.1 Å². The number of anilines is 2. The summed E-state index contributed by atoms with van der Waals surface area (Å²) >= 11 is 3.86. The van der Waals surface area contributed by atoms with Gasteiger partial charge in [0.2, 0.25) is 0 Å². The van der Waals surface area contributed by atoms with Crippen molar-refractivity contribution in [2.45, 2.75) is 129 Å². The van der Waals surface area contributed by atoms with Gasteiger partial charge in [-0.1, -0.05) is 130 Å². The Morgan fingerprint density at radius 2 is 1.11 bits per heavy atom. The van der Waals surface area contributed by atoms with Crippen LogP contribution in [-0.2, 0) is 27.1 Å². The first kappa shape index (κ1) is 45.1. The van der Waals surface area contributed by atoms with Crippen LogP contribution in [0.5, 0.6) is 0 Å². The van der Waals surface area contributed by atoms with Crippen LogP contribution in [0.4, 0.5) is 11.4 Å². The highest BCUT2D eigenvalue weighted by molar-refractivity contribution is 7.26. The molecule has 1 radical (unpaired) electrons. The number of furan rings is 1. The lowest BCUT2D eigenvalue weighted by Crippen LogP contribution is -2.37. The zero-order valence-electron chi connectivity index (χ0n) is 44.6. The molecule has 0 saturated heterocycles. The minimum absolute atomic E-state index is 0.0330. The van der Waals surface area contributed by atoms with Gasteiger partial charge in [-0.05, 0) is 164 Å². The highest BCUT2D eigenvalue weighted by Gasteiger charge is 2.41. The maximum Gasteiger partial charge on any atom is 0.198 e. The lowest BCUT2D eigenvalue weighted by atomic mass is 9.58. The van der Waals surface area contributed by atoms with Gasteiger partial charge >= 0.3 is 0 Å². The Morgan fingerprint density at radius 3 is 1.81 bits per heavy atom. The van der Waals surface area contributed by atoms with Gasteiger partial charge in [-0.3, -0.25) is 0 Å². The third-order valence-corrected chi connectivity index (χ3v) is 20.7. The van der Waals surface area contributed by atoms with E-state index in [-0.39, 0.29) is 27.1 Å². The van der Waals surface area contributed by atoms with Crippen molar-refractivity contribution in [3.63, 3.8) is 0 Å². The molecule has 3 nitrogen and oxygen atoms in total. The van der Waals surface area contributed by atoms with E-state index in [1.165, 1.54) is 136 Å². The fraction of sp³-hybridized carbons (Fsp3) is 0.294. The number of benzene rings is 8. The zero-order valence-corrected chi connectivity index (χ0v) is 46.3. The van der Waals surface area contributed by atoms with E-state index in [0.717, 1.165) is 40.8 Å². The SMILES string of the molecule is CC(C)(C)c1ccc(Nc2cc3c(cc2-c2c4c5c(c6cc7c(cc6n5-c5cc6c(cc5[B]4)sc4ccccc46)C(C)(C)CCC7(C)C)c4oc5ccccc5c24)sc2cc4c(cc23)C(C)(C)CCC4(C)C)cc1. The highest BCUT2D eigenvalue weighted by Crippen LogP contribution is 2.54. The molecule has 4 aromatic heterocycles. The maximum atomic E-state index is 7.40. The molecule has 0 saturated carbocycles. The number of hydrogen-bond acceptors (Lipinski definition) is 4. The van der Waals surface area contributed by atoms with E-state index in [4.69, 9.17) is 4.42 Å². The molecule has 74 heavy (non-hydrogen) atoms. The molecule has 0 spiro atoms. The predicted molar refractivity (Wildman–Crippen MR) is 323 cm³/mol. The van der Waals surface area contributed by atoms with Gasteiger partial charge in [-0.15, -0.1) is 22.7 Å². The van der Waals surface area contributed by atoms with E-state index < -0.39 is 0 Å². The Bertz CT molecular complexity index is 4460. The van der Waals surface area contributed by atoms with Crippen LogP contribution >= 0.6 is 22.7 Å². The third-order valence-electron chi connectivity index (χ3n) is 18.5. The van der Waals surface area contributed by atoms with Crippen LogP contribution < -0.4 is 16.2 Å². The van der Waals surface area contributed by atoms with Crippen molar-refractivity contribution in [1.29, 1.82) is 0 Å². The summed E-state index contributed by atoms with van der Waals surface area (Å²) in [6, 6.07) is 47.2. The second-order valence-corrected chi connectivity index (χ2v) is 28.3. The molecule has 1 N–H and O–H groups in total. The molecule has 1 aliphatic heterocycles. The van der Waals surface area contributed by atoms with Gasteiger partial charge in [-0.2, -0.15) is 0 Å². The van der Waals surface area contributed by atoms with Crippen LogP contribution in [0, 0.1) is 0 Å². The first-order valence-corrected chi connectivity index (χ1v) is 28.6. The Labute approximate surface area is 442 Å². The molecule has 8 aromatic carbocycles. The van der Waals surface area contributed by atoms with Crippen LogP contribution in [0.15, 0.2) is 126 Å². The zero-order chi connectivity index (χ0) is 50.7. The van der Waals surface area contributed by atoms with Crippen LogP contribution in [-0.4, -0.2) is 11.8 Å². The van der Waals surface area contributed by atoms with Gasteiger partial charge < -0.3 is 14.3 Å². The summed E-state index contributed by atoms with van der Waals surface area (Å²) in [5.74, 6) is 0. The fourth-order valence-electron chi connectivity index (χ4n) is 13.9. The molecule has 0 amide bonds. The van der Waals surface area contributed by atoms with Crippen molar-refractivity contribution in [2.24, 2.45) is 0 Å². The first-order valence-electron chi connectivity index (χ1n) is 27.0. The predicted octanol–water partition coefficient (Wildman–Crippen LogP) is 18.8. The van der Waals surface area contributed by atoms with E-state index in [1.54, 1.807) is 0 Å². The van der Waals surface area contributed by atoms with Gasteiger partial charge in [-0.25, -0.2) is 0 Å². The number of para-hydroxylation sites is 1. The normalized spacial score (nSPS) is 17.4. The molecular weight excluding hydrogens is 936 g/mol. The smallest absolute Gasteiger partial charge is 0.198 e. The molecule has 0 bridgehead atoms. The molecule has 0 unspecified atom stereocenters. The third kappa shape index (κ3) is 6.25. The largest absolute Gasteiger partial charge is 0.455 e. The highest BCUT2D eigenvalue weighted by atomic mass is 32.1. The summed E-state index contributed by atoms with van der Waals surface area (Å²) in [5, 5.41) is 14.2. The lowest BCUT2D eigenvalue weighted by Gasteiger charge is -2.42. The second-order valence-electron chi connectivity index (χ2n) is 26.1. The summed E-state index contributed by atoms with van der Waals surface area (Å²) in [4.78, 5) is 0. The number of hydrogen-bond donors (Lipinski definition) is 1. The average Bonchev–Trinajstić information content (AvgIpc) is 4.13. The van der Waals surface area contributed by atoms with Gasteiger partial charge in [0.15, 0.2) is 7.28 Å². The van der Waals surface area contributed by atoms with Crippen molar-refractivity contribution >= 4 is 136 Å². The van der Waals surface area contributed by atoms with Crippen LogP contribution in [0.2, 0.25) is 0 Å². The summed E-state index contributed by atoms with van der Waals surface area (Å²) in [6.45, 7) is 26.5. The van der Waals surface area contributed by atoms with Crippen molar-refractivity contribution in [1.82, 2.24) is 4.57 Å². The van der Waals surface area contributed by atoms with E-state index in [2.05, 4.69) is 215 Å². The summed E-state index contributed by atoms with van der Waals surface area (Å²) in [6.07, 6.45) is 4.68. The van der Waals surface area contributed by atoms with Gasteiger partial charge in [0.05, 0.1) is 16.4 Å². The second kappa shape index (κ2) is 14.7. The molecule has 15 rings (SSSR count). The number of rotatable bonds is 3. The van der Waals surface area contributed by atoms with Crippen molar-refractivity contribution in [3.8, 4) is 16.8 Å². The van der Waals surface area contributed by atoms with Gasteiger partial charge in [0.1, 0.15) is 11.2 Å². The number of nitrogens with zero attached hydrogens (tertiary/aromatic N) is 1. The van der Waals surface area contributed by atoms with Crippen molar-refractivity contribution in [3.05, 3.63) is 149 Å². The van der Waals surface area contributed by atoms with Gasteiger partial charge in [0.25, 0.3) is 0 Å². The minimum atomic E-state index is 0.0330. The molecule has 0 fully saturated rings. The Kier molecular flexibility index (Phi) is 8.98. The van der Waals surface area contributed by atoms with Crippen LogP contribution in [0.3, 0.4) is 0 Å². The lowest BCUT2D eigenvalue weighted by molar-refractivity contribution is 0.332. The molecule has 6 heteroatoms. The van der Waals surface area contributed by atoms with E-state index in [0.29, 0.717) is 0 Å². The maximum absolute atomic E-state index is 7.40. The summed E-state index contributed by atoms with van der Waals surface area (Å²) in [5.41, 5.74) is 20.2. The molecule has 5 heterocycles. The first-order chi connectivity index (χ1) is 35.2. The standard InChI is InChI=1S/C68H62BN2OS2/c1-64(2,3)36-20-22-37(23-21-36)70-50-30-41-40-28-45-48(68(10,11)27-25-65(45,4)5)34-56(40)74-55(41)32-43(50)58-59-39-17-12-14-18-53(39)72-63(59)60-44-29-46-47(67(8,9)26-24-66(46,6)7)33-51(44)71-52-31-42-38-16-13-15-19-54(38)73-57(42)35-49(52)69-61(58)62(60)71/h12-23,28-35,70H,24-27H2,1-11H3. The van der Waals surface area contributed by atoms with Crippen LogP contribution in [0.1, 0.15) is 130 Å². The summed E-state index contributed by atoms with van der Waals surface area (Å²) < 4.78 is 15.4. The van der Waals surface area contributed by atoms with Crippen molar-refractivity contribution < 1.29 is 4.42 Å². The number of nitrogens with one attached hydrogen (secondary N) is 1. The van der Waals surface area contributed by atoms with E-state index in [9.17, 15) is 0 Å². The monoisotopic (exact) mass is 997 g/mol. The fourth-order valence-corrected chi connectivity index (χ4v) is 16.2. The average molecular weight is 998 g/mol. The molecule has 2 aliphatic carbocycles. The molecule has 12 aromatic rings. The Morgan fingerprint density at radius 1 is 0.541 bits per heavy atom. The number of aromatic nitrogens is 1. The molecular formula is C68H62BN2OS2. The molecule has 0 atom stereocenters. The van der Waals surface area contributed by atoms with E-state index in [1.807, 2.05) is 22.7 Å². The minimum Gasteiger partial charge on any atom is -0.455 e. The number of fused-ring (bicyclic) bond motifs is 17. The summed E-state index contributed by atoms with van der Waals surface area (Å²) in [7, 11) is 2.54. The van der Waals surface area contributed by atoms with E-state index >= 15 is 0 Å². The topological polar surface area (TPSA) is 30.1 Å².